The fraction of sp³-hybridized carbons (Fsp3) is 0.800. The Balaban J connectivity index is 4.79. The van der Waals surface area contributed by atoms with E-state index in [0.717, 1.165) is 20.4 Å². The van der Waals surface area contributed by atoms with Gasteiger partial charge in [0.15, 0.2) is 0 Å². The second-order valence-electron chi connectivity index (χ2n) is 2.49. The molecule has 0 unspecified atom stereocenters. The SMILES string of the molecule is CON(C(=O)N(C)SC(F)(Cl)Cl)S(C)(=O)=O. The summed E-state index contributed by atoms with van der Waals surface area (Å²) in [5, 5.41) is 0. The maximum atomic E-state index is 12.8. The molecule has 0 aromatic rings. The first kappa shape index (κ1) is 16.0. The van der Waals surface area contributed by atoms with Crippen LogP contribution in [-0.4, -0.2) is 47.6 Å². The van der Waals surface area contributed by atoms with Gasteiger partial charge >= 0.3 is 9.95 Å². The number of carbonyl (C=O) groups is 1. The van der Waals surface area contributed by atoms with E-state index in [4.69, 9.17) is 23.2 Å². The van der Waals surface area contributed by atoms with Crippen molar-refractivity contribution in [2.45, 2.75) is 3.92 Å². The third-order valence-corrected chi connectivity index (χ3v) is 3.09. The van der Waals surface area contributed by atoms with E-state index in [0.29, 0.717) is 4.31 Å². The Labute approximate surface area is 107 Å². The molecule has 0 atom stereocenters. The molecule has 0 aliphatic rings. The molecule has 0 bridgehead atoms. The Kier molecular flexibility index (Phi) is 5.60. The number of hydrogen-bond donors (Lipinski definition) is 0. The number of nitrogens with zero attached hydrogens (tertiary/aromatic N) is 2. The minimum Gasteiger partial charge on any atom is -0.264 e. The van der Waals surface area contributed by atoms with Gasteiger partial charge < -0.3 is 0 Å². The van der Waals surface area contributed by atoms with Gasteiger partial charge in [-0.15, -0.1) is 0 Å². The Morgan fingerprint density at radius 3 is 2.19 bits per heavy atom. The molecule has 0 saturated heterocycles. The van der Waals surface area contributed by atoms with Crippen LogP contribution in [0.15, 0.2) is 0 Å². The number of halogens is 3. The van der Waals surface area contributed by atoms with Gasteiger partial charge in [-0.3, -0.25) is 9.14 Å². The van der Waals surface area contributed by atoms with Gasteiger partial charge in [0.1, 0.15) is 0 Å². The summed E-state index contributed by atoms with van der Waals surface area (Å²) < 4.78 is 32.8. The Morgan fingerprint density at radius 2 is 1.94 bits per heavy atom. The van der Waals surface area contributed by atoms with Crippen molar-refractivity contribution >= 4 is 51.2 Å². The van der Waals surface area contributed by atoms with Crippen LogP contribution in [0.5, 0.6) is 0 Å². The maximum absolute atomic E-state index is 12.8. The first-order valence-corrected chi connectivity index (χ1v) is 6.94. The van der Waals surface area contributed by atoms with Crippen LogP contribution in [0.25, 0.3) is 0 Å². The van der Waals surface area contributed by atoms with E-state index in [9.17, 15) is 17.6 Å². The van der Waals surface area contributed by atoms with Gasteiger partial charge in [-0.05, 0) is 0 Å². The zero-order valence-electron chi connectivity index (χ0n) is 8.48. The Hall–Kier alpha value is 0.0400. The van der Waals surface area contributed by atoms with Crippen molar-refractivity contribution < 1.29 is 22.4 Å². The van der Waals surface area contributed by atoms with Gasteiger partial charge in [0.05, 0.1) is 13.4 Å². The van der Waals surface area contributed by atoms with Crippen molar-refractivity contribution in [2.75, 3.05) is 20.4 Å². The largest absolute Gasteiger partial charge is 0.368 e. The molecule has 0 saturated carbocycles. The summed E-state index contributed by atoms with van der Waals surface area (Å²) in [5.41, 5.74) is 0. The quantitative estimate of drug-likeness (QED) is 0.447. The number of carbonyl (C=O) groups excluding carboxylic acids is 1. The molecule has 0 aliphatic heterocycles. The van der Waals surface area contributed by atoms with Crippen molar-refractivity contribution in [3.8, 4) is 0 Å². The lowest BCUT2D eigenvalue weighted by Gasteiger charge is -2.24. The van der Waals surface area contributed by atoms with Crippen LogP contribution in [0.2, 0.25) is 0 Å². The summed E-state index contributed by atoms with van der Waals surface area (Å²) in [6.07, 6.45) is 0.747. The number of sulfonamides is 1. The van der Waals surface area contributed by atoms with E-state index in [-0.39, 0.29) is 16.4 Å². The number of hydroxylamine groups is 1. The van der Waals surface area contributed by atoms with Crippen molar-refractivity contribution in [2.24, 2.45) is 0 Å². The molecule has 2 amide bonds. The summed E-state index contributed by atoms with van der Waals surface area (Å²) in [6, 6.07) is -1.14. The van der Waals surface area contributed by atoms with Crippen molar-refractivity contribution in [3.63, 3.8) is 0 Å². The van der Waals surface area contributed by atoms with Crippen molar-refractivity contribution in [1.29, 1.82) is 0 Å². The molecule has 0 fully saturated rings. The zero-order chi connectivity index (χ0) is 13.1. The number of urea groups is 1. The summed E-state index contributed by atoms with van der Waals surface area (Å²) in [7, 11) is -1.86. The first-order chi connectivity index (χ1) is 6.99. The van der Waals surface area contributed by atoms with Crippen LogP contribution >= 0.6 is 35.1 Å². The topological polar surface area (TPSA) is 66.9 Å². The lowest BCUT2D eigenvalue weighted by molar-refractivity contribution is -0.0148. The van der Waals surface area contributed by atoms with Gasteiger partial charge in [-0.25, -0.2) is 13.2 Å². The van der Waals surface area contributed by atoms with Gasteiger partial charge in [0.2, 0.25) is 0 Å². The molecule has 0 aliphatic carbocycles. The lowest BCUT2D eigenvalue weighted by atomic mass is 11.0. The lowest BCUT2D eigenvalue weighted by Crippen LogP contribution is -2.41. The number of alkyl halides is 3. The summed E-state index contributed by atoms with van der Waals surface area (Å²) >= 11 is 10.1. The third kappa shape index (κ3) is 5.39. The summed E-state index contributed by atoms with van der Waals surface area (Å²) in [6.45, 7) is 0. The molecule has 0 radical (unpaired) electrons. The Bertz CT molecular complexity index is 358. The predicted octanol–water partition coefficient (Wildman–Crippen LogP) is 1.57. The molecule has 16 heavy (non-hydrogen) atoms. The molecule has 96 valence electrons. The van der Waals surface area contributed by atoms with E-state index < -0.39 is 20.0 Å². The molecule has 0 aromatic heterocycles. The second kappa shape index (κ2) is 5.58. The monoisotopic (exact) mass is 314 g/mol. The summed E-state index contributed by atoms with van der Waals surface area (Å²) in [5.74, 6) is 0. The summed E-state index contributed by atoms with van der Waals surface area (Å²) in [4.78, 5) is 15.8. The van der Waals surface area contributed by atoms with E-state index >= 15 is 0 Å². The molecule has 0 spiro atoms. The van der Waals surface area contributed by atoms with Gasteiger partial charge in [0.25, 0.3) is 10.0 Å². The fourth-order valence-electron chi connectivity index (χ4n) is 0.665. The van der Waals surface area contributed by atoms with E-state index in [1.54, 1.807) is 0 Å². The van der Waals surface area contributed by atoms with Crippen molar-refractivity contribution in [3.05, 3.63) is 0 Å². The minimum absolute atomic E-state index is 0.0690. The highest BCUT2D eigenvalue weighted by Crippen LogP contribution is 2.38. The third-order valence-electron chi connectivity index (χ3n) is 1.13. The second-order valence-corrected chi connectivity index (χ2v) is 7.26. The maximum Gasteiger partial charge on any atom is 0.368 e. The van der Waals surface area contributed by atoms with Crippen LogP contribution in [0.4, 0.5) is 9.18 Å². The average molecular weight is 315 g/mol. The average Bonchev–Trinajstić information content (AvgIpc) is 1.99. The normalized spacial score (nSPS) is 12.4. The molecule has 0 N–H and O–H groups in total. The van der Waals surface area contributed by atoms with Gasteiger partial charge in [0, 0.05) is 19.0 Å². The van der Waals surface area contributed by atoms with E-state index in [1.165, 1.54) is 0 Å². The van der Waals surface area contributed by atoms with Crippen LogP contribution in [0.3, 0.4) is 0 Å². The zero-order valence-corrected chi connectivity index (χ0v) is 11.6. The number of rotatable bonds is 4. The smallest absolute Gasteiger partial charge is 0.264 e. The highest BCUT2D eigenvalue weighted by atomic mass is 35.5. The standard InChI is InChI=1S/C5H9Cl2FN2O4S2/c1-9(15-5(6,7)8)4(11)10(14-2)16(3,12)13/h1-3H3. The molecule has 0 heterocycles. The van der Waals surface area contributed by atoms with Gasteiger partial charge in [-0.1, -0.05) is 27.7 Å². The van der Waals surface area contributed by atoms with E-state index in [1.807, 2.05) is 0 Å². The van der Waals surface area contributed by atoms with Crippen LogP contribution < -0.4 is 0 Å². The van der Waals surface area contributed by atoms with E-state index in [2.05, 4.69) is 4.84 Å². The molecular formula is C5H9Cl2FN2O4S2. The number of amides is 2. The molecule has 0 aromatic carbocycles. The number of hydrogen-bond acceptors (Lipinski definition) is 5. The Morgan fingerprint density at radius 1 is 1.50 bits per heavy atom. The van der Waals surface area contributed by atoms with Gasteiger partial charge in [-0.2, -0.15) is 4.39 Å². The molecule has 6 nitrogen and oxygen atoms in total. The van der Waals surface area contributed by atoms with Crippen LogP contribution in [-0.2, 0) is 14.9 Å². The first-order valence-electron chi connectivity index (χ1n) is 3.57. The highest BCUT2D eigenvalue weighted by molar-refractivity contribution is 8.01. The minimum atomic E-state index is -3.92. The molecular weight excluding hydrogens is 306 g/mol. The predicted molar refractivity (Wildman–Crippen MR) is 60.0 cm³/mol. The van der Waals surface area contributed by atoms with Crippen LogP contribution in [0, 0.1) is 0 Å². The fourth-order valence-corrected chi connectivity index (χ4v) is 2.48. The van der Waals surface area contributed by atoms with Crippen LogP contribution in [0.1, 0.15) is 0 Å². The highest BCUT2D eigenvalue weighted by Gasteiger charge is 2.33. The molecule has 0 rings (SSSR count). The molecule has 11 heteroatoms. The van der Waals surface area contributed by atoms with Crippen molar-refractivity contribution in [1.82, 2.24) is 8.77 Å².